The van der Waals surface area contributed by atoms with Gasteiger partial charge in [-0.3, -0.25) is 4.79 Å². The maximum absolute atomic E-state index is 12.0. The number of hydrogen-bond acceptors (Lipinski definition) is 6. The average Bonchev–Trinajstić information content (AvgIpc) is 2.67. The molecule has 28 heavy (non-hydrogen) atoms. The van der Waals surface area contributed by atoms with Gasteiger partial charge >= 0.3 is 12.1 Å². The summed E-state index contributed by atoms with van der Waals surface area (Å²) in [6, 6.07) is 8.33. The highest BCUT2D eigenvalue weighted by atomic mass is 16.5. The molecule has 154 valence electrons. The highest BCUT2D eigenvalue weighted by Gasteiger charge is 2.22. The zero-order valence-electron chi connectivity index (χ0n) is 16.4. The summed E-state index contributed by atoms with van der Waals surface area (Å²) in [7, 11) is 1.24. The van der Waals surface area contributed by atoms with E-state index < -0.39 is 30.1 Å². The first-order valence-corrected chi connectivity index (χ1v) is 8.95. The molecule has 0 aliphatic rings. The molecule has 0 aromatic heterocycles. The van der Waals surface area contributed by atoms with Gasteiger partial charge in [-0.25, -0.2) is 9.59 Å². The molecule has 8 nitrogen and oxygen atoms in total. The Morgan fingerprint density at radius 1 is 1.18 bits per heavy atom. The van der Waals surface area contributed by atoms with Crippen LogP contribution in [0.1, 0.15) is 32.3 Å². The van der Waals surface area contributed by atoms with Crippen molar-refractivity contribution >= 4 is 18.0 Å². The van der Waals surface area contributed by atoms with Gasteiger partial charge in [0.05, 0.1) is 19.6 Å². The molecule has 0 fully saturated rings. The molecule has 1 rings (SSSR count). The molecule has 0 bridgehead atoms. The number of rotatable bonds is 10. The molecule has 1 aromatic carbocycles. The Morgan fingerprint density at radius 2 is 1.86 bits per heavy atom. The van der Waals surface area contributed by atoms with Crippen LogP contribution in [0.5, 0.6) is 0 Å². The van der Waals surface area contributed by atoms with E-state index in [1.54, 1.807) is 0 Å². The molecule has 0 spiro atoms. The second-order valence-electron chi connectivity index (χ2n) is 6.46. The minimum atomic E-state index is -1.12. The van der Waals surface area contributed by atoms with E-state index in [1.165, 1.54) is 7.11 Å². The molecule has 8 heteroatoms. The number of allylic oxidation sites excluding steroid dienone is 1. The molecule has 2 atom stereocenters. The average molecular weight is 392 g/mol. The van der Waals surface area contributed by atoms with Gasteiger partial charge in [0.1, 0.15) is 12.6 Å². The highest BCUT2D eigenvalue weighted by molar-refractivity contribution is 5.84. The van der Waals surface area contributed by atoms with Gasteiger partial charge in [-0.05, 0) is 25.8 Å². The molecule has 0 unspecified atom stereocenters. The number of carbonyl (C=O) groups excluding carboxylic acids is 3. The molecule has 1 aromatic rings. The molecule has 0 aliphatic carbocycles. The van der Waals surface area contributed by atoms with Crippen LogP contribution in [0.3, 0.4) is 0 Å². The van der Waals surface area contributed by atoms with Gasteiger partial charge in [0.25, 0.3) is 0 Å². The van der Waals surface area contributed by atoms with Crippen molar-refractivity contribution in [2.45, 2.75) is 45.4 Å². The van der Waals surface area contributed by atoms with Gasteiger partial charge in [-0.15, -0.1) is 0 Å². The lowest BCUT2D eigenvalue weighted by atomic mass is 10.1. The molecule has 0 saturated carbocycles. The van der Waals surface area contributed by atoms with E-state index in [9.17, 15) is 19.5 Å². The van der Waals surface area contributed by atoms with E-state index in [0.29, 0.717) is 6.42 Å². The normalized spacial score (nSPS) is 12.3. The lowest BCUT2D eigenvalue weighted by Crippen LogP contribution is -2.43. The Morgan fingerprint density at radius 3 is 2.46 bits per heavy atom. The van der Waals surface area contributed by atoms with Crippen molar-refractivity contribution in [3.8, 4) is 0 Å². The summed E-state index contributed by atoms with van der Waals surface area (Å²) in [5.41, 5.74) is 1.84. The molecule has 0 saturated heterocycles. The van der Waals surface area contributed by atoms with Gasteiger partial charge in [0.15, 0.2) is 0 Å². The molecule has 0 heterocycles. The molecule has 3 N–H and O–H groups in total. The quantitative estimate of drug-likeness (QED) is 0.412. The second kappa shape index (κ2) is 12.5. The van der Waals surface area contributed by atoms with E-state index in [0.717, 1.165) is 11.1 Å². The van der Waals surface area contributed by atoms with Crippen LogP contribution in [-0.2, 0) is 25.7 Å². The van der Waals surface area contributed by atoms with Gasteiger partial charge in [-0.1, -0.05) is 42.0 Å². The van der Waals surface area contributed by atoms with E-state index in [-0.39, 0.29) is 19.6 Å². The number of amides is 2. The van der Waals surface area contributed by atoms with Gasteiger partial charge in [0, 0.05) is 6.54 Å². The van der Waals surface area contributed by atoms with E-state index in [4.69, 9.17) is 4.74 Å². The van der Waals surface area contributed by atoms with Crippen molar-refractivity contribution in [2.75, 3.05) is 13.7 Å². The summed E-state index contributed by atoms with van der Waals surface area (Å²) >= 11 is 0. The maximum atomic E-state index is 12.0. The van der Waals surface area contributed by atoms with Gasteiger partial charge < -0.3 is 25.2 Å². The van der Waals surface area contributed by atoms with Crippen LogP contribution >= 0.6 is 0 Å². The SMILES string of the molecule is COC(=O)[C@@H](CC=C(C)C)NC(=O)C[C@H](O)CNC(=O)OCc1ccccc1. The van der Waals surface area contributed by atoms with E-state index >= 15 is 0 Å². The summed E-state index contributed by atoms with van der Waals surface area (Å²) in [4.78, 5) is 35.4. The number of nitrogens with one attached hydrogen (secondary N) is 2. The first-order chi connectivity index (χ1) is 13.3. The van der Waals surface area contributed by atoms with Crippen molar-refractivity contribution in [3.63, 3.8) is 0 Å². The summed E-state index contributed by atoms with van der Waals surface area (Å²) in [6.07, 6.45) is 0.00968. The van der Waals surface area contributed by atoms with Crippen LogP contribution in [0.4, 0.5) is 4.79 Å². The van der Waals surface area contributed by atoms with Crippen LogP contribution in [0.2, 0.25) is 0 Å². The number of esters is 1. The smallest absolute Gasteiger partial charge is 0.407 e. The third kappa shape index (κ3) is 9.72. The largest absolute Gasteiger partial charge is 0.467 e. The first-order valence-electron chi connectivity index (χ1n) is 8.95. The number of aliphatic hydroxyl groups excluding tert-OH is 1. The Hall–Kier alpha value is -2.87. The van der Waals surface area contributed by atoms with Crippen LogP contribution in [0.25, 0.3) is 0 Å². The Labute approximate surface area is 164 Å². The van der Waals surface area contributed by atoms with E-state index in [2.05, 4.69) is 15.4 Å². The summed E-state index contributed by atoms with van der Waals surface area (Å²) in [6.45, 7) is 3.71. The van der Waals surface area contributed by atoms with Gasteiger partial charge in [0.2, 0.25) is 5.91 Å². The molecular weight excluding hydrogens is 364 g/mol. The predicted octanol–water partition coefficient (Wildman–Crippen LogP) is 1.68. The zero-order valence-corrected chi connectivity index (χ0v) is 16.4. The van der Waals surface area contributed by atoms with Crippen LogP contribution in [-0.4, -0.2) is 48.9 Å². The Bertz CT molecular complexity index is 671. The standard InChI is InChI=1S/C20H28N2O6/c1-14(2)9-10-17(19(25)27-3)22-18(24)11-16(23)12-21-20(26)28-13-15-7-5-4-6-8-15/h4-9,16-17,23H,10-13H2,1-3H3,(H,21,26)(H,22,24)/t16-,17+/m0/s1. The van der Waals surface area contributed by atoms with Crippen LogP contribution in [0.15, 0.2) is 42.0 Å². The first kappa shape index (κ1) is 23.2. The number of methoxy groups -OCH3 is 1. The highest BCUT2D eigenvalue weighted by Crippen LogP contribution is 2.03. The van der Waals surface area contributed by atoms with Crippen molar-refractivity contribution < 1.29 is 29.0 Å². The van der Waals surface area contributed by atoms with Crippen molar-refractivity contribution in [1.82, 2.24) is 10.6 Å². The molecular formula is C20H28N2O6. The molecule has 2 amide bonds. The maximum Gasteiger partial charge on any atom is 0.407 e. The Balaban J connectivity index is 2.36. The molecule has 0 radical (unpaired) electrons. The predicted molar refractivity (Wildman–Crippen MR) is 103 cm³/mol. The number of benzene rings is 1. The number of aliphatic hydroxyl groups is 1. The second-order valence-corrected chi connectivity index (χ2v) is 6.46. The fourth-order valence-electron chi connectivity index (χ4n) is 2.22. The third-order valence-corrected chi connectivity index (χ3v) is 3.70. The van der Waals surface area contributed by atoms with Gasteiger partial charge in [-0.2, -0.15) is 0 Å². The summed E-state index contributed by atoms with van der Waals surface area (Å²) < 4.78 is 9.69. The zero-order chi connectivity index (χ0) is 20.9. The minimum Gasteiger partial charge on any atom is -0.467 e. The Kier molecular flexibility index (Phi) is 10.3. The van der Waals surface area contributed by atoms with Crippen molar-refractivity contribution in [1.29, 1.82) is 0 Å². The minimum absolute atomic E-state index is 0.106. The van der Waals surface area contributed by atoms with E-state index in [1.807, 2.05) is 50.3 Å². The lowest BCUT2D eigenvalue weighted by Gasteiger charge is -2.17. The number of ether oxygens (including phenoxy) is 2. The monoisotopic (exact) mass is 392 g/mol. The number of alkyl carbamates (subject to hydrolysis) is 1. The topological polar surface area (TPSA) is 114 Å². The van der Waals surface area contributed by atoms with Crippen LogP contribution in [0, 0.1) is 0 Å². The number of hydrogen-bond donors (Lipinski definition) is 3. The fourth-order valence-corrected chi connectivity index (χ4v) is 2.22. The summed E-state index contributed by atoms with van der Waals surface area (Å²) in [5, 5.41) is 14.8. The van der Waals surface area contributed by atoms with Crippen molar-refractivity contribution in [2.24, 2.45) is 0 Å². The fraction of sp³-hybridized carbons (Fsp3) is 0.450. The van der Waals surface area contributed by atoms with Crippen LogP contribution < -0.4 is 10.6 Å². The lowest BCUT2D eigenvalue weighted by molar-refractivity contribution is -0.145. The van der Waals surface area contributed by atoms with Crippen molar-refractivity contribution in [3.05, 3.63) is 47.5 Å². The summed E-state index contributed by atoms with van der Waals surface area (Å²) in [5.74, 6) is -1.09. The molecule has 0 aliphatic heterocycles. The third-order valence-electron chi connectivity index (χ3n) is 3.70. The number of carbonyl (C=O) groups is 3.